The summed E-state index contributed by atoms with van der Waals surface area (Å²) >= 11 is 1.08. The van der Waals surface area contributed by atoms with E-state index in [-0.39, 0.29) is 49.0 Å². The number of aliphatic carboxylic acids is 1. The summed E-state index contributed by atoms with van der Waals surface area (Å²) in [5.41, 5.74) is 13.0. The van der Waals surface area contributed by atoms with E-state index < -0.39 is 59.6 Å². The summed E-state index contributed by atoms with van der Waals surface area (Å²) < 4.78 is 31.1. The van der Waals surface area contributed by atoms with Gasteiger partial charge in [-0.3, -0.25) is 19.2 Å². The zero-order valence-corrected chi connectivity index (χ0v) is 29.2. The van der Waals surface area contributed by atoms with Crippen LogP contribution in [0.25, 0.3) is 11.1 Å². The molecule has 272 valence electrons. The zero-order chi connectivity index (χ0) is 37.0. The van der Waals surface area contributed by atoms with E-state index in [0.717, 1.165) is 35.5 Å². The molecule has 12 nitrogen and oxygen atoms in total. The average molecular weight is 717 g/mol. The molecule has 1 aromatic heterocycles. The fourth-order valence-corrected chi connectivity index (χ4v) is 6.23. The average Bonchev–Trinajstić information content (AvgIpc) is 3.47. The SMILES string of the molecule is CC(C)(C)C(c1cc(-c2cc(F)ccc2F)cn1Cc1ccccc1)N(CCC(N)C(=O)NCCNC(=O)CSCC(N)C(=O)O)C(=O)CO. The smallest absolute Gasteiger partial charge is 0.321 e. The number of thioether (sulfide) groups is 1. The molecule has 3 rings (SSSR count). The van der Waals surface area contributed by atoms with Gasteiger partial charge in [-0.1, -0.05) is 51.1 Å². The van der Waals surface area contributed by atoms with E-state index in [0.29, 0.717) is 17.8 Å². The number of carboxylic acids is 1. The number of aromatic nitrogens is 1. The minimum absolute atomic E-state index is 0.00546. The molecule has 0 bridgehead atoms. The van der Waals surface area contributed by atoms with Crippen LogP contribution < -0.4 is 22.1 Å². The van der Waals surface area contributed by atoms with Crippen LogP contribution in [0.1, 0.15) is 44.5 Å². The molecule has 8 N–H and O–H groups in total. The monoisotopic (exact) mass is 716 g/mol. The summed E-state index contributed by atoms with van der Waals surface area (Å²) in [6, 6.07) is 11.6. The summed E-state index contributed by atoms with van der Waals surface area (Å²) in [6.07, 6.45) is 1.74. The molecule has 1 heterocycles. The minimum Gasteiger partial charge on any atom is -0.480 e. The molecular weight excluding hydrogens is 670 g/mol. The van der Waals surface area contributed by atoms with E-state index in [2.05, 4.69) is 10.6 Å². The van der Waals surface area contributed by atoms with Crippen LogP contribution in [0.4, 0.5) is 8.78 Å². The fourth-order valence-electron chi connectivity index (χ4n) is 5.43. The predicted molar refractivity (Wildman–Crippen MR) is 188 cm³/mol. The number of amides is 3. The van der Waals surface area contributed by atoms with E-state index in [1.165, 1.54) is 4.90 Å². The highest BCUT2D eigenvalue weighted by Crippen LogP contribution is 2.41. The van der Waals surface area contributed by atoms with Gasteiger partial charge < -0.3 is 41.8 Å². The standard InChI is InChI=1S/C35H46F2N6O6S/c1-35(2,3)32(29-15-23(25-16-24(36)9-10-26(25)37)18-42(29)17-22-7-5-4-6-8-22)43(31(46)19-44)14-11-27(38)33(47)41-13-12-40-30(45)21-50-20-28(39)34(48)49/h4-10,15-16,18,27-28,32,44H,11-14,17,19-21,38-39H2,1-3H3,(H,40,45)(H,41,47)(H,48,49). The Labute approximate surface area is 294 Å². The van der Waals surface area contributed by atoms with Crippen molar-refractivity contribution in [3.8, 4) is 11.1 Å². The lowest BCUT2D eigenvalue weighted by molar-refractivity contribution is -0.140. The molecule has 3 unspecified atom stereocenters. The topological polar surface area (TPSA) is 193 Å². The van der Waals surface area contributed by atoms with Crippen LogP contribution in [0.15, 0.2) is 60.8 Å². The van der Waals surface area contributed by atoms with Crippen LogP contribution in [-0.2, 0) is 25.7 Å². The highest BCUT2D eigenvalue weighted by atomic mass is 32.2. The van der Waals surface area contributed by atoms with Crippen LogP contribution in [-0.4, -0.2) is 93.2 Å². The molecule has 3 amide bonds. The molecule has 0 spiro atoms. The molecule has 0 saturated carbocycles. The van der Waals surface area contributed by atoms with Gasteiger partial charge in [0.2, 0.25) is 17.7 Å². The van der Waals surface area contributed by atoms with Crippen LogP contribution in [0.3, 0.4) is 0 Å². The number of rotatable bonds is 18. The molecule has 15 heteroatoms. The first-order valence-corrected chi connectivity index (χ1v) is 17.2. The van der Waals surface area contributed by atoms with E-state index in [1.807, 2.05) is 55.7 Å². The van der Waals surface area contributed by atoms with Crippen LogP contribution in [0, 0.1) is 17.0 Å². The van der Waals surface area contributed by atoms with Gasteiger partial charge >= 0.3 is 5.97 Å². The number of carbonyl (C=O) groups excluding carboxylic acids is 3. The Bertz CT molecular complexity index is 1620. The summed E-state index contributed by atoms with van der Waals surface area (Å²) in [5.74, 6) is -3.75. The highest BCUT2D eigenvalue weighted by molar-refractivity contribution is 8.00. The number of hydrogen-bond donors (Lipinski definition) is 6. The number of nitrogens with zero attached hydrogens (tertiary/aromatic N) is 2. The van der Waals surface area contributed by atoms with Gasteiger partial charge in [0.1, 0.15) is 24.3 Å². The van der Waals surface area contributed by atoms with Gasteiger partial charge in [0.05, 0.1) is 17.8 Å². The summed E-state index contributed by atoms with van der Waals surface area (Å²) in [5, 5.41) is 24.1. The number of aliphatic hydroxyl groups is 1. The van der Waals surface area contributed by atoms with Gasteiger partial charge in [0.15, 0.2) is 0 Å². The van der Waals surface area contributed by atoms with Crippen LogP contribution in [0.5, 0.6) is 0 Å². The normalized spacial score (nSPS) is 13.3. The number of carboxylic acid groups (broad SMARTS) is 1. The lowest BCUT2D eigenvalue weighted by Gasteiger charge is -2.41. The molecule has 0 radical (unpaired) electrons. The lowest BCUT2D eigenvalue weighted by Crippen LogP contribution is -2.48. The number of benzene rings is 2. The van der Waals surface area contributed by atoms with Crippen molar-refractivity contribution in [2.24, 2.45) is 16.9 Å². The van der Waals surface area contributed by atoms with Gasteiger partial charge in [-0.05, 0) is 41.7 Å². The quantitative estimate of drug-likeness (QED) is 0.107. The van der Waals surface area contributed by atoms with Gasteiger partial charge in [0, 0.05) is 54.9 Å². The molecule has 0 fully saturated rings. The molecular formula is C35H46F2N6O6S. The number of hydrogen-bond acceptors (Lipinski definition) is 8. The third kappa shape index (κ3) is 11.6. The van der Waals surface area contributed by atoms with Crippen molar-refractivity contribution in [3.05, 3.63) is 83.7 Å². The van der Waals surface area contributed by atoms with E-state index >= 15 is 0 Å². The van der Waals surface area contributed by atoms with E-state index in [4.69, 9.17) is 16.6 Å². The number of nitrogens with two attached hydrogens (primary N) is 2. The third-order valence-corrected chi connectivity index (χ3v) is 8.91. The predicted octanol–water partition coefficient (Wildman–Crippen LogP) is 2.48. The second kappa shape index (κ2) is 18.6. The first-order valence-electron chi connectivity index (χ1n) is 16.1. The molecule has 3 atom stereocenters. The van der Waals surface area contributed by atoms with E-state index in [1.54, 1.807) is 12.3 Å². The number of aliphatic hydroxyl groups excluding tert-OH is 1. The Balaban J connectivity index is 1.77. The maximum absolute atomic E-state index is 15.0. The molecule has 0 aliphatic carbocycles. The number of nitrogens with one attached hydrogen (secondary N) is 2. The Kier molecular flexibility index (Phi) is 14.9. The summed E-state index contributed by atoms with van der Waals surface area (Å²) in [4.78, 5) is 50.4. The van der Waals surface area contributed by atoms with Gasteiger partial charge in [-0.25, -0.2) is 8.78 Å². The van der Waals surface area contributed by atoms with E-state index in [9.17, 15) is 33.1 Å². The lowest BCUT2D eigenvalue weighted by atomic mass is 9.82. The van der Waals surface area contributed by atoms with Crippen molar-refractivity contribution >= 4 is 35.5 Å². The fraction of sp³-hybridized carbons (Fsp3) is 0.429. The largest absolute Gasteiger partial charge is 0.480 e. The van der Waals surface area contributed by atoms with Gasteiger partial charge in [0.25, 0.3) is 0 Å². The minimum atomic E-state index is -1.15. The Hall–Kier alpha value is -4.31. The molecule has 0 aliphatic heterocycles. The molecule has 3 aromatic rings. The molecule has 2 aromatic carbocycles. The first kappa shape index (κ1) is 40.1. The van der Waals surface area contributed by atoms with Crippen molar-refractivity contribution in [3.63, 3.8) is 0 Å². The Morgan fingerprint density at radius 2 is 1.66 bits per heavy atom. The molecule has 0 saturated heterocycles. The third-order valence-electron chi connectivity index (χ3n) is 7.84. The maximum atomic E-state index is 15.0. The van der Waals surface area contributed by atoms with Crippen molar-refractivity contribution in [1.29, 1.82) is 0 Å². The van der Waals surface area contributed by atoms with Gasteiger partial charge in [-0.2, -0.15) is 0 Å². The molecule has 50 heavy (non-hydrogen) atoms. The Morgan fingerprint density at radius 3 is 2.30 bits per heavy atom. The summed E-state index contributed by atoms with van der Waals surface area (Å²) in [7, 11) is 0. The maximum Gasteiger partial charge on any atom is 0.321 e. The summed E-state index contributed by atoms with van der Waals surface area (Å²) in [6.45, 7) is 5.47. The van der Waals surface area contributed by atoms with Gasteiger partial charge in [-0.15, -0.1) is 11.8 Å². The van der Waals surface area contributed by atoms with Crippen molar-refractivity contribution in [1.82, 2.24) is 20.1 Å². The first-order chi connectivity index (χ1) is 23.6. The number of carbonyl (C=O) groups is 4. The second-order valence-electron chi connectivity index (χ2n) is 12.9. The molecule has 0 aliphatic rings. The Morgan fingerprint density at radius 1 is 0.980 bits per heavy atom. The van der Waals surface area contributed by atoms with Crippen molar-refractivity contribution in [2.45, 2.75) is 51.9 Å². The highest BCUT2D eigenvalue weighted by Gasteiger charge is 2.37. The second-order valence-corrected chi connectivity index (χ2v) is 13.9. The zero-order valence-electron chi connectivity index (χ0n) is 28.4. The van der Waals surface area contributed by atoms with Crippen LogP contribution >= 0.6 is 11.8 Å². The van der Waals surface area contributed by atoms with Crippen molar-refractivity contribution < 1.29 is 38.2 Å². The number of halogens is 2. The van der Waals surface area contributed by atoms with Crippen molar-refractivity contribution in [2.75, 3.05) is 37.7 Å². The van der Waals surface area contributed by atoms with Crippen LogP contribution in [0.2, 0.25) is 0 Å².